The second-order valence-electron chi connectivity index (χ2n) is 9.02. The van der Waals surface area contributed by atoms with Gasteiger partial charge in [-0.05, 0) is 53.3 Å². The Bertz CT molecular complexity index is 939. The van der Waals surface area contributed by atoms with E-state index in [4.69, 9.17) is 0 Å². The number of Topliss-reactive ketones (excluding diaryl/α,β-unsaturated/α-hetero) is 1. The third-order valence-corrected chi connectivity index (χ3v) is 5.68. The lowest BCUT2D eigenvalue weighted by Crippen LogP contribution is -2.46. The lowest BCUT2D eigenvalue weighted by Gasteiger charge is -2.41. The Hall–Kier alpha value is -3.07. The van der Waals surface area contributed by atoms with Crippen LogP contribution in [0.3, 0.4) is 0 Å². The molecule has 0 aliphatic carbocycles. The molecule has 0 amide bonds. The molecule has 30 heavy (non-hydrogen) atoms. The number of phenols is 2. The Morgan fingerprint density at radius 2 is 1.13 bits per heavy atom. The predicted octanol–water partition coefficient (Wildman–Crippen LogP) is 6.07. The van der Waals surface area contributed by atoms with E-state index in [0.717, 1.165) is 23.1 Å². The molecule has 2 N–H and O–H groups in total. The first-order valence-electron chi connectivity index (χ1n) is 10.4. The molecule has 0 radical (unpaired) electrons. The van der Waals surface area contributed by atoms with Gasteiger partial charge in [-0.2, -0.15) is 0 Å². The smallest absolute Gasteiger partial charge is 0.157 e. The van der Waals surface area contributed by atoms with Gasteiger partial charge in [0.15, 0.2) is 5.78 Å². The standard InChI is InChI=1S/C27H30O3/c1-19(2)18-26(3,4)25(30)27(20-8-6-5-7-9-20,21-10-14-23(28)15-11-21)22-12-16-24(29)17-13-22/h5-17,19,28-29H,18H2,1-4H3. The van der Waals surface area contributed by atoms with Crippen molar-refractivity contribution in [3.8, 4) is 11.5 Å². The van der Waals surface area contributed by atoms with Gasteiger partial charge >= 0.3 is 0 Å². The van der Waals surface area contributed by atoms with Crippen molar-refractivity contribution < 1.29 is 15.0 Å². The van der Waals surface area contributed by atoms with Crippen LogP contribution in [0.2, 0.25) is 0 Å². The molecule has 0 heterocycles. The summed E-state index contributed by atoms with van der Waals surface area (Å²) in [6.07, 6.45) is 0.747. The number of carbonyl (C=O) groups excluding carboxylic acids is 1. The Balaban J connectivity index is 2.39. The number of aromatic hydroxyl groups is 2. The van der Waals surface area contributed by atoms with Gasteiger partial charge in [-0.3, -0.25) is 4.79 Å². The maximum Gasteiger partial charge on any atom is 0.157 e. The van der Waals surface area contributed by atoms with E-state index in [1.165, 1.54) is 0 Å². The first kappa shape index (κ1) is 21.6. The van der Waals surface area contributed by atoms with E-state index >= 15 is 0 Å². The highest BCUT2D eigenvalue weighted by Crippen LogP contribution is 2.46. The molecule has 0 unspecified atom stereocenters. The van der Waals surface area contributed by atoms with E-state index in [1.807, 2.05) is 68.4 Å². The lowest BCUT2D eigenvalue weighted by molar-refractivity contribution is -0.131. The summed E-state index contributed by atoms with van der Waals surface area (Å²) >= 11 is 0. The largest absolute Gasteiger partial charge is 0.508 e. The number of hydrogen-bond donors (Lipinski definition) is 2. The van der Waals surface area contributed by atoms with Gasteiger partial charge in [-0.25, -0.2) is 0 Å². The molecule has 0 aliphatic heterocycles. The Morgan fingerprint density at radius 3 is 1.53 bits per heavy atom. The van der Waals surface area contributed by atoms with Crippen molar-refractivity contribution in [3.05, 3.63) is 95.6 Å². The van der Waals surface area contributed by atoms with Gasteiger partial charge in [-0.15, -0.1) is 0 Å². The van der Waals surface area contributed by atoms with Gasteiger partial charge in [0.25, 0.3) is 0 Å². The molecule has 0 fully saturated rings. The van der Waals surface area contributed by atoms with Crippen LogP contribution in [0.15, 0.2) is 78.9 Å². The van der Waals surface area contributed by atoms with Crippen molar-refractivity contribution in [2.45, 2.75) is 39.5 Å². The van der Waals surface area contributed by atoms with Gasteiger partial charge in [0.1, 0.15) is 16.9 Å². The van der Waals surface area contributed by atoms with Crippen LogP contribution in [-0.2, 0) is 10.2 Å². The fourth-order valence-electron chi connectivity index (χ4n) is 4.63. The zero-order valence-corrected chi connectivity index (χ0v) is 18.1. The second kappa shape index (κ2) is 8.35. The molecule has 0 saturated carbocycles. The van der Waals surface area contributed by atoms with Gasteiger partial charge in [0.05, 0.1) is 0 Å². The average molecular weight is 403 g/mol. The van der Waals surface area contributed by atoms with Crippen LogP contribution < -0.4 is 0 Å². The van der Waals surface area contributed by atoms with Gasteiger partial charge in [0, 0.05) is 5.41 Å². The first-order chi connectivity index (χ1) is 14.2. The third-order valence-electron chi connectivity index (χ3n) is 5.68. The second-order valence-corrected chi connectivity index (χ2v) is 9.02. The summed E-state index contributed by atoms with van der Waals surface area (Å²) in [6.45, 7) is 8.27. The lowest BCUT2D eigenvalue weighted by atomic mass is 9.59. The summed E-state index contributed by atoms with van der Waals surface area (Å²) in [6, 6.07) is 23.5. The van der Waals surface area contributed by atoms with E-state index in [-0.39, 0.29) is 17.3 Å². The van der Waals surface area contributed by atoms with Gasteiger partial charge in [-0.1, -0.05) is 82.3 Å². The van der Waals surface area contributed by atoms with Crippen molar-refractivity contribution in [2.75, 3.05) is 0 Å². The number of carbonyl (C=O) groups is 1. The number of benzene rings is 3. The molecule has 0 atom stereocenters. The van der Waals surface area contributed by atoms with Crippen molar-refractivity contribution in [2.24, 2.45) is 11.3 Å². The monoisotopic (exact) mass is 402 g/mol. The van der Waals surface area contributed by atoms with Crippen molar-refractivity contribution in [1.82, 2.24) is 0 Å². The molecule has 0 spiro atoms. The number of phenolic OH excluding ortho intramolecular Hbond substituents is 2. The minimum atomic E-state index is -1.07. The topological polar surface area (TPSA) is 57.5 Å². The molecule has 3 heteroatoms. The highest BCUT2D eigenvalue weighted by Gasteiger charge is 2.49. The summed E-state index contributed by atoms with van der Waals surface area (Å²) in [7, 11) is 0. The molecule has 0 saturated heterocycles. The zero-order valence-electron chi connectivity index (χ0n) is 18.1. The van der Waals surface area contributed by atoms with Gasteiger partial charge < -0.3 is 10.2 Å². The highest BCUT2D eigenvalue weighted by atomic mass is 16.3. The van der Waals surface area contributed by atoms with E-state index in [9.17, 15) is 15.0 Å². The van der Waals surface area contributed by atoms with E-state index < -0.39 is 10.8 Å². The van der Waals surface area contributed by atoms with E-state index in [0.29, 0.717) is 5.92 Å². The molecule has 0 bridgehead atoms. The highest BCUT2D eigenvalue weighted by molar-refractivity contribution is 6.01. The van der Waals surface area contributed by atoms with Crippen LogP contribution in [0.1, 0.15) is 50.8 Å². The molecular weight excluding hydrogens is 372 g/mol. The zero-order chi connectivity index (χ0) is 21.9. The van der Waals surface area contributed by atoms with Crippen molar-refractivity contribution in [3.63, 3.8) is 0 Å². The Labute approximate surface area is 179 Å². The molecular formula is C27H30O3. The van der Waals surface area contributed by atoms with Crippen molar-refractivity contribution >= 4 is 5.78 Å². The number of hydrogen-bond acceptors (Lipinski definition) is 3. The summed E-state index contributed by atoms with van der Waals surface area (Å²) in [4.78, 5) is 14.5. The maximum atomic E-state index is 14.5. The molecule has 3 aromatic rings. The molecule has 0 aromatic heterocycles. The normalized spacial score (nSPS) is 12.2. The average Bonchev–Trinajstić information content (AvgIpc) is 2.71. The van der Waals surface area contributed by atoms with Crippen molar-refractivity contribution in [1.29, 1.82) is 0 Å². The van der Waals surface area contributed by atoms with Crippen LogP contribution in [0.4, 0.5) is 0 Å². The summed E-state index contributed by atoms with van der Waals surface area (Å²) in [5.41, 5.74) is 0.780. The predicted molar refractivity (Wildman–Crippen MR) is 121 cm³/mol. The fourth-order valence-corrected chi connectivity index (χ4v) is 4.63. The molecule has 3 nitrogen and oxygen atoms in total. The molecule has 0 aliphatic rings. The molecule has 156 valence electrons. The Morgan fingerprint density at radius 1 is 0.733 bits per heavy atom. The molecule has 3 rings (SSSR count). The minimum absolute atomic E-state index is 0.0891. The first-order valence-corrected chi connectivity index (χ1v) is 10.4. The minimum Gasteiger partial charge on any atom is -0.508 e. The van der Waals surface area contributed by atoms with Gasteiger partial charge in [0.2, 0.25) is 0 Å². The number of rotatable bonds is 7. The van der Waals surface area contributed by atoms with Crippen LogP contribution in [0.5, 0.6) is 11.5 Å². The van der Waals surface area contributed by atoms with Crippen LogP contribution >= 0.6 is 0 Å². The Kier molecular flexibility index (Phi) is 6.02. The van der Waals surface area contributed by atoms with E-state index in [1.54, 1.807) is 24.3 Å². The summed E-state index contributed by atoms with van der Waals surface area (Å²) < 4.78 is 0. The third kappa shape index (κ3) is 3.97. The summed E-state index contributed by atoms with van der Waals surface area (Å²) in [5, 5.41) is 19.8. The maximum absolute atomic E-state index is 14.5. The summed E-state index contributed by atoms with van der Waals surface area (Å²) in [5.74, 6) is 0.754. The van der Waals surface area contributed by atoms with E-state index in [2.05, 4.69) is 13.8 Å². The van der Waals surface area contributed by atoms with Crippen LogP contribution in [0, 0.1) is 11.3 Å². The number of ketones is 1. The SMILES string of the molecule is CC(C)CC(C)(C)C(=O)C(c1ccccc1)(c1ccc(O)cc1)c1ccc(O)cc1. The molecule has 3 aromatic carbocycles. The van der Waals surface area contributed by atoms with Crippen LogP contribution in [-0.4, -0.2) is 16.0 Å². The van der Waals surface area contributed by atoms with Crippen LogP contribution in [0.25, 0.3) is 0 Å². The quantitative estimate of drug-likeness (QED) is 0.471. The fraction of sp³-hybridized carbons (Fsp3) is 0.296.